The van der Waals surface area contributed by atoms with Crippen LogP contribution in [0.5, 0.6) is 0 Å². The van der Waals surface area contributed by atoms with Gasteiger partial charge in [0.2, 0.25) is 23.1 Å². The van der Waals surface area contributed by atoms with E-state index in [1.165, 1.54) is 16.8 Å². The van der Waals surface area contributed by atoms with Gasteiger partial charge in [0.25, 0.3) is 0 Å². The third-order valence-electron chi connectivity index (χ3n) is 6.25. The number of aromatic nitrogens is 3. The number of primary amides is 1. The first-order valence-corrected chi connectivity index (χ1v) is 12.1. The van der Waals surface area contributed by atoms with Crippen LogP contribution in [0.25, 0.3) is 22.3 Å². The topological polar surface area (TPSA) is 116 Å². The molecule has 0 fully saturated rings. The number of hydrogen-bond donors (Lipinski definition) is 2. The van der Waals surface area contributed by atoms with E-state index in [2.05, 4.69) is 15.5 Å². The van der Waals surface area contributed by atoms with Gasteiger partial charge in [-0.05, 0) is 29.8 Å². The number of carbonyl (C=O) groups is 1. The van der Waals surface area contributed by atoms with E-state index in [1.807, 2.05) is 30.3 Å². The Morgan fingerprint density at radius 2 is 1.78 bits per heavy atom. The molecule has 2 heterocycles. The lowest BCUT2D eigenvalue weighted by molar-refractivity contribution is -0.137. The summed E-state index contributed by atoms with van der Waals surface area (Å²) in [5.41, 5.74) is 3.85. The Balaban J connectivity index is 1.62. The van der Waals surface area contributed by atoms with Crippen molar-refractivity contribution in [3.8, 4) is 11.4 Å². The zero-order valence-electron chi connectivity index (χ0n) is 21.0. The maximum Gasteiger partial charge on any atom is 0.416 e. The van der Waals surface area contributed by atoms with E-state index in [4.69, 9.17) is 10.3 Å². The van der Waals surface area contributed by atoms with Gasteiger partial charge in [-0.3, -0.25) is 9.59 Å². The second kappa shape index (κ2) is 10.8. The number of hydrogen-bond acceptors (Lipinski definition) is 6. The zero-order chi connectivity index (χ0) is 29.3. The zero-order valence-corrected chi connectivity index (χ0v) is 21.0. The van der Waals surface area contributed by atoms with Gasteiger partial charge in [0.1, 0.15) is 11.6 Å². The van der Waals surface area contributed by atoms with Gasteiger partial charge in [0, 0.05) is 17.1 Å². The second-order valence-electron chi connectivity index (χ2n) is 9.15. The number of rotatable bonds is 8. The fourth-order valence-electron chi connectivity index (χ4n) is 4.26. The smallest absolute Gasteiger partial charge is 0.374 e. The number of carbonyl (C=O) groups excluding carboxylic acids is 1. The summed E-state index contributed by atoms with van der Waals surface area (Å²) in [7, 11) is 0. The van der Waals surface area contributed by atoms with Crippen molar-refractivity contribution in [1.29, 1.82) is 0 Å². The van der Waals surface area contributed by atoms with Crippen LogP contribution < -0.4 is 16.5 Å². The molecule has 3 aromatic carbocycles. The van der Waals surface area contributed by atoms with Crippen molar-refractivity contribution in [1.82, 2.24) is 14.7 Å². The number of alkyl halides is 3. The van der Waals surface area contributed by atoms with Crippen LogP contribution >= 0.6 is 0 Å². The number of nitrogens with zero attached hydrogens (tertiary/aromatic N) is 3. The van der Waals surface area contributed by atoms with E-state index in [0.29, 0.717) is 6.07 Å². The maximum absolute atomic E-state index is 14.9. The summed E-state index contributed by atoms with van der Waals surface area (Å²) in [5.74, 6) is -2.69. The maximum atomic E-state index is 14.9. The molecule has 2 aromatic heterocycles. The summed E-state index contributed by atoms with van der Waals surface area (Å²) in [5, 5.41) is 6.26. The molecule has 0 bridgehead atoms. The lowest BCUT2D eigenvalue weighted by Crippen LogP contribution is -2.22. The molecule has 13 heteroatoms. The van der Waals surface area contributed by atoms with Crippen LogP contribution in [0.3, 0.4) is 0 Å². The van der Waals surface area contributed by atoms with E-state index < -0.39 is 41.3 Å². The molecule has 0 aliphatic heterocycles. The van der Waals surface area contributed by atoms with Crippen molar-refractivity contribution in [3.05, 3.63) is 111 Å². The van der Waals surface area contributed by atoms with Crippen molar-refractivity contribution in [2.75, 3.05) is 11.9 Å². The normalized spacial score (nSPS) is 11.6. The Bertz CT molecular complexity index is 1820. The van der Waals surface area contributed by atoms with Gasteiger partial charge in [0.05, 0.1) is 41.8 Å². The molecule has 0 aliphatic carbocycles. The molecule has 0 saturated heterocycles. The average Bonchev–Trinajstić information content (AvgIpc) is 3.38. The number of nitrogens with two attached hydrogens (primary N) is 1. The fourth-order valence-corrected chi connectivity index (χ4v) is 4.26. The van der Waals surface area contributed by atoms with Crippen molar-refractivity contribution >= 4 is 22.5 Å². The van der Waals surface area contributed by atoms with E-state index in [1.54, 1.807) is 0 Å². The third-order valence-corrected chi connectivity index (χ3v) is 6.25. The molecule has 41 heavy (non-hydrogen) atoms. The predicted octanol–water partition coefficient (Wildman–Crippen LogP) is 4.88. The number of halogens is 5. The SMILES string of the molecule is NC(=O)CNc1cc2c(cc1F)c(=O)c(-c1noc(Cc3ccccc3)n1)cn2Cc1ccc(C(F)(F)F)cc1F. The monoisotopic (exact) mass is 569 g/mol. The van der Waals surface area contributed by atoms with Crippen molar-refractivity contribution < 1.29 is 31.3 Å². The first-order chi connectivity index (χ1) is 19.5. The molecular weight excluding hydrogens is 549 g/mol. The summed E-state index contributed by atoms with van der Waals surface area (Å²) >= 11 is 0. The predicted molar refractivity (Wildman–Crippen MR) is 139 cm³/mol. The van der Waals surface area contributed by atoms with Crippen LogP contribution in [-0.4, -0.2) is 27.2 Å². The van der Waals surface area contributed by atoms with Crippen LogP contribution in [0, 0.1) is 11.6 Å². The molecule has 0 unspecified atom stereocenters. The van der Waals surface area contributed by atoms with Gasteiger partial charge in [-0.15, -0.1) is 0 Å². The molecule has 5 aromatic rings. The van der Waals surface area contributed by atoms with Gasteiger partial charge in [0.15, 0.2) is 0 Å². The standard InChI is InChI=1S/C28H20F5N5O3/c29-20-9-17(28(31,32)33)7-6-16(20)13-38-14-19(27-36-25(41-37-27)8-15-4-2-1-3-5-15)26(40)18-10-21(30)22(11-23(18)38)35-12-24(34)39/h1-7,9-11,14,35H,8,12-13H2,(H2,34,39). The minimum atomic E-state index is -4.74. The summed E-state index contributed by atoms with van der Waals surface area (Å²) in [6.45, 7) is -0.755. The second-order valence-corrected chi connectivity index (χ2v) is 9.15. The molecule has 210 valence electrons. The first-order valence-electron chi connectivity index (χ1n) is 12.1. The number of anilines is 1. The fraction of sp³-hybridized carbons (Fsp3) is 0.143. The molecule has 0 aliphatic rings. The molecule has 0 atom stereocenters. The van der Waals surface area contributed by atoms with Gasteiger partial charge in [-0.1, -0.05) is 41.6 Å². The van der Waals surface area contributed by atoms with Crippen molar-refractivity contribution in [2.45, 2.75) is 19.1 Å². The van der Waals surface area contributed by atoms with Gasteiger partial charge in [-0.25, -0.2) is 8.78 Å². The van der Waals surface area contributed by atoms with Crippen LogP contribution in [0.15, 0.2) is 76.2 Å². The summed E-state index contributed by atoms with van der Waals surface area (Å²) in [6, 6.07) is 13.4. The molecule has 1 amide bonds. The lowest BCUT2D eigenvalue weighted by Gasteiger charge is -2.16. The Morgan fingerprint density at radius 3 is 2.46 bits per heavy atom. The molecule has 3 N–H and O–H groups in total. The first kappa shape index (κ1) is 27.5. The molecule has 0 radical (unpaired) electrons. The Kier molecular flexibility index (Phi) is 7.26. The highest BCUT2D eigenvalue weighted by molar-refractivity contribution is 5.87. The third kappa shape index (κ3) is 5.93. The van der Waals surface area contributed by atoms with E-state index >= 15 is 0 Å². The molecular formula is C28H20F5N5O3. The molecule has 0 saturated carbocycles. The quantitative estimate of drug-likeness (QED) is 0.257. The van der Waals surface area contributed by atoms with E-state index in [9.17, 15) is 31.5 Å². The Labute approximate surface area is 228 Å². The highest BCUT2D eigenvalue weighted by Crippen LogP contribution is 2.31. The van der Waals surface area contributed by atoms with Gasteiger partial charge in [-0.2, -0.15) is 18.2 Å². The highest BCUT2D eigenvalue weighted by atomic mass is 19.4. The largest absolute Gasteiger partial charge is 0.416 e. The molecule has 5 rings (SSSR count). The minimum Gasteiger partial charge on any atom is -0.374 e. The summed E-state index contributed by atoms with van der Waals surface area (Å²) in [6.07, 6.45) is -3.18. The highest BCUT2D eigenvalue weighted by Gasteiger charge is 2.31. The lowest BCUT2D eigenvalue weighted by atomic mass is 10.1. The van der Waals surface area contributed by atoms with Crippen LogP contribution in [0.2, 0.25) is 0 Å². The van der Waals surface area contributed by atoms with Crippen LogP contribution in [0.1, 0.15) is 22.6 Å². The number of fused-ring (bicyclic) bond motifs is 1. The molecule has 8 nitrogen and oxygen atoms in total. The number of pyridine rings is 1. The van der Waals surface area contributed by atoms with Gasteiger partial charge < -0.3 is 20.1 Å². The average molecular weight is 569 g/mol. The van der Waals surface area contributed by atoms with Crippen molar-refractivity contribution in [3.63, 3.8) is 0 Å². The molecule has 0 spiro atoms. The van der Waals surface area contributed by atoms with E-state index in [-0.39, 0.29) is 52.4 Å². The van der Waals surface area contributed by atoms with Crippen LogP contribution in [0.4, 0.5) is 27.6 Å². The van der Waals surface area contributed by atoms with Crippen molar-refractivity contribution in [2.24, 2.45) is 5.73 Å². The Morgan fingerprint density at radius 1 is 1.02 bits per heavy atom. The Hall–Kier alpha value is -5.07. The minimum absolute atomic E-state index is 0.0967. The van der Waals surface area contributed by atoms with Gasteiger partial charge >= 0.3 is 6.18 Å². The summed E-state index contributed by atoms with van der Waals surface area (Å²) in [4.78, 5) is 28.9. The number of nitrogens with one attached hydrogen (secondary N) is 1. The summed E-state index contributed by atoms with van der Waals surface area (Å²) < 4.78 is 75.6. The number of benzene rings is 3. The van der Waals surface area contributed by atoms with E-state index in [0.717, 1.165) is 23.8 Å². The number of amides is 1. The van der Waals surface area contributed by atoms with Crippen LogP contribution in [-0.2, 0) is 23.9 Å².